The number of hydrogen-bond donors (Lipinski definition) is 0. The molecule has 3 rings (SSSR count). The lowest BCUT2D eigenvalue weighted by molar-refractivity contribution is -0.161. The monoisotopic (exact) mass is 318 g/mol. The maximum atomic E-state index is 12.3. The Hall–Kier alpha value is -1.83. The summed E-state index contributed by atoms with van der Waals surface area (Å²) in [4.78, 5) is 28.2. The van der Waals surface area contributed by atoms with E-state index in [1.807, 2.05) is 33.5 Å². The number of nitrogens with zero attached hydrogens (tertiary/aromatic N) is 4. The van der Waals surface area contributed by atoms with Crippen LogP contribution >= 0.6 is 11.3 Å². The van der Waals surface area contributed by atoms with Crippen LogP contribution < -0.4 is 0 Å². The quantitative estimate of drug-likeness (QED) is 0.854. The van der Waals surface area contributed by atoms with Crippen molar-refractivity contribution in [3.63, 3.8) is 0 Å². The van der Waals surface area contributed by atoms with Gasteiger partial charge >= 0.3 is 0 Å². The van der Waals surface area contributed by atoms with Crippen LogP contribution in [0.5, 0.6) is 0 Å². The van der Waals surface area contributed by atoms with E-state index in [0.717, 1.165) is 29.5 Å². The van der Waals surface area contributed by atoms with Gasteiger partial charge in [-0.1, -0.05) is 6.07 Å². The number of carbonyl (C=O) groups excluding carboxylic acids is 1. The third-order valence-corrected chi connectivity index (χ3v) is 4.53. The molecule has 0 aliphatic carbocycles. The Kier molecular flexibility index (Phi) is 4.77. The van der Waals surface area contributed by atoms with Gasteiger partial charge in [-0.15, -0.1) is 11.3 Å². The van der Waals surface area contributed by atoms with Gasteiger partial charge in [0.1, 0.15) is 5.01 Å². The summed E-state index contributed by atoms with van der Waals surface area (Å²) in [5, 5.41) is 4.66. The molecule has 0 N–H and O–H groups in total. The molecule has 0 atom stereocenters. The smallest absolute Gasteiger partial charge is 0.228 e. The summed E-state index contributed by atoms with van der Waals surface area (Å²) < 4.78 is 0. The molecule has 1 amide bonds. The molecule has 0 radical (unpaired) electrons. The Labute approximate surface area is 133 Å². The molecule has 1 saturated heterocycles. The summed E-state index contributed by atoms with van der Waals surface area (Å²) in [6, 6.07) is 5.74. The first-order valence-corrected chi connectivity index (χ1v) is 8.07. The van der Waals surface area contributed by atoms with Crippen molar-refractivity contribution in [1.82, 2.24) is 19.9 Å². The molecule has 1 aliphatic rings. The van der Waals surface area contributed by atoms with E-state index in [1.54, 1.807) is 13.3 Å². The molecule has 3 heterocycles. The molecule has 1 fully saturated rings. The Balaban J connectivity index is 1.60. The molecular weight excluding hydrogens is 300 g/mol. The number of thiazole rings is 1. The first-order chi connectivity index (χ1) is 10.8. The Morgan fingerprint density at radius 1 is 1.32 bits per heavy atom. The Morgan fingerprint density at radius 2 is 2.14 bits per heavy atom. The van der Waals surface area contributed by atoms with Gasteiger partial charge in [-0.05, 0) is 12.1 Å². The number of rotatable bonds is 4. The minimum atomic E-state index is 0.119. The van der Waals surface area contributed by atoms with E-state index in [4.69, 9.17) is 4.84 Å². The summed E-state index contributed by atoms with van der Waals surface area (Å²) >= 11 is 1.52. The minimum absolute atomic E-state index is 0.119. The number of pyridine rings is 1. The molecule has 0 aromatic carbocycles. The molecule has 0 bridgehead atoms. The van der Waals surface area contributed by atoms with Gasteiger partial charge in [0.05, 0.1) is 24.9 Å². The van der Waals surface area contributed by atoms with Gasteiger partial charge < -0.3 is 9.74 Å². The van der Waals surface area contributed by atoms with Crippen LogP contribution in [0.25, 0.3) is 10.7 Å². The van der Waals surface area contributed by atoms with E-state index in [2.05, 4.69) is 9.97 Å². The van der Waals surface area contributed by atoms with E-state index in [9.17, 15) is 4.79 Å². The molecule has 0 unspecified atom stereocenters. The van der Waals surface area contributed by atoms with Gasteiger partial charge in [0.15, 0.2) is 0 Å². The van der Waals surface area contributed by atoms with E-state index >= 15 is 0 Å². The maximum absolute atomic E-state index is 12.3. The molecule has 0 spiro atoms. The lowest BCUT2D eigenvalue weighted by Crippen LogP contribution is -2.48. The maximum Gasteiger partial charge on any atom is 0.228 e. The van der Waals surface area contributed by atoms with Crippen molar-refractivity contribution in [2.45, 2.75) is 6.42 Å². The molecular formula is C15H18N4O2S. The van der Waals surface area contributed by atoms with Crippen LogP contribution in [0.2, 0.25) is 0 Å². The molecule has 6 nitrogen and oxygen atoms in total. The van der Waals surface area contributed by atoms with Crippen molar-refractivity contribution in [2.75, 3.05) is 33.3 Å². The second-order valence-electron chi connectivity index (χ2n) is 5.03. The highest BCUT2D eigenvalue weighted by atomic mass is 32.1. The van der Waals surface area contributed by atoms with E-state index in [0.29, 0.717) is 19.5 Å². The van der Waals surface area contributed by atoms with E-state index in [1.165, 1.54) is 11.3 Å². The third kappa shape index (κ3) is 3.49. The van der Waals surface area contributed by atoms with Gasteiger partial charge in [0.25, 0.3) is 0 Å². The van der Waals surface area contributed by atoms with E-state index < -0.39 is 0 Å². The second-order valence-corrected chi connectivity index (χ2v) is 5.89. The van der Waals surface area contributed by atoms with Crippen LogP contribution in [0.3, 0.4) is 0 Å². The summed E-state index contributed by atoms with van der Waals surface area (Å²) in [6.45, 7) is 2.89. The fourth-order valence-electron chi connectivity index (χ4n) is 2.38. The van der Waals surface area contributed by atoms with Crippen LogP contribution in [-0.2, 0) is 16.1 Å². The van der Waals surface area contributed by atoms with Crippen molar-refractivity contribution in [3.05, 3.63) is 35.5 Å². The van der Waals surface area contributed by atoms with Crippen LogP contribution in [0.4, 0.5) is 0 Å². The molecule has 7 heteroatoms. The van der Waals surface area contributed by atoms with Crippen molar-refractivity contribution in [2.24, 2.45) is 0 Å². The van der Waals surface area contributed by atoms with Crippen LogP contribution in [-0.4, -0.2) is 59.1 Å². The van der Waals surface area contributed by atoms with Crippen molar-refractivity contribution in [1.29, 1.82) is 0 Å². The zero-order valence-corrected chi connectivity index (χ0v) is 13.3. The van der Waals surface area contributed by atoms with Gasteiger partial charge in [0, 0.05) is 37.8 Å². The lowest BCUT2D eigenvalue weighted by Gasteiger charge is -2.33. The average molecular weight is 318 g/mol. The molecule has 1 aliphatic heterocycles. The molecule has 116 valence electrons. The fraction of sp³-hybridized carbons (Fsp3) is 0.400. The SMILES string of the molecule is CON1CCN(C(=O)Cc2csc(-c3ccccn3)n2)CC1. The first-order valence-electron chi connectivity index (χ1n) is 7.19. The number of aromatic nitrogens is 2. The highest BCUT2D eigenvalue weighted by Crippen LogP contribution is 2.21. The Bertz CT molecular complexity index is 623. The third-order valence-electron chi connectivity index (χ3n) is 3.62. The highest BCUT2D eigenvalue weighted by Gasteiger charge is 2.21. The Morgan fingerprint density at radius 3 is 2.82 bits per heavy atom. The molecule has 2 aromatic rings. The molecule has 2 aromatic heterocycles. The van der Waals surface area contributed by atoms with E-state index in [-0.39, 0.29) is 5.91 Å². The number of piperazine rings is 1. The number of amides is 1. The predicted octanol–water partition coefficient (Wildman–Crippen LogP) is 1.45. The lowest BCUT2D eigenvalue weighted by atomic mass is 10.2. The predicted molar refractivity (Wildman–Crippen MR) is 84.2 cm³/mol. The topological polar surface area (TPSA) is 58.6 Å². The fourth-order valence-corrected chi connectivity index (χ4v) is 3.18. The zero-order valence-electron chi connectivity index (χ0n) is 12.4. The summed E-state index contributed by atoms with van der Waals surface area (Å²) in [5.74, 6) is 0.119. The van der Waals surface area contributed by atoms with Gasteiger partial charge in [-0.25, -0.2) is 4.98 Å². The van der Waals surface area contributed by atoms with Gasteiger partial charge in [-0.2, -0.15) is 5.06 Å². The average Bonchev–Trinajstić information content (AvgIpc) is 3.04. The van der Waals surface area contributed by atoms with Crippen LogP contribution in [0.15, 0.2) is 29.8 Å². The number of carbonyl (C=O) groups is 1. The van der Waals surface area contributed by atoms with Gasteiger partial charge in [0.2, 0.25) is 5.91 Å². The summed E-state index contributed by atoms with van der Waals surface area (Å²) in [6.07, 6.45) is 2.09. The zero-order chi connectivity index (χ0) is 15.4. The highest BCUT2D eigenvalue weighted by molar-refractivity contribution is 7.13. The van der Waals surface area contributed by atoms with Crippen molar-refractivity contribution < 1.29 is 9.63 Å². The van der Waals surface area contributed by atoms with Crippen LogP contribution in [0, 0.1) is 0 Å². The normalized spacial score (nSPS) is 16.0. The summed E-state index contributed by atoms with van der Waals surface area (Å²) in [5.41, 5.74) is 1.66. The van der Waals surface area contributed by atoms with Crippen molar-refractivity contribution >= 4 is 17.2 Å². The molecule has 0 saturated carbocycles. The number of hydrogen-bond acceptors (Lipinski definition) is 6. The van der Waals surface area contributed by atoms with Crippen molar-refractivity contribution in [3.8, 4) is 10.7 Å². The standard InChI is InChI=1S/C15H18N4O2S/c1-21-19-8-6-18(7-9-19)14(20)10-12-11-22-15(17-12)13-4-2-3-5-16-13/h2-5,11H,6-10H2,1H3. The number of hydroxylamine groups is 2. The largest absolute Gasteiger partial charge is 0.340 e. The second kappa shape index (κ2) is 6.95. The molecule has 22 heavy (non-hydrogen) atoms. The minimum Gasteiger partial charge on any atom is -0.340 e. The first kappa shape index (κ1) is 15.1. The van der Waals surface area contributed by atoms with Crippen LogP contribution in [0.1, 0.15) is 5.69 Å². The van der Waals surface area contributed by atoms with Gasteiger partial charge in [-0.3, -0.25) is 9.78 Å². The summed E-state index contributed by atoms with van der Waals surface area (Å²) in [7, 11) is 1.66.